The summed E-state index contributed by atoms with van der Waals surface area (Å²) >= 11 is 0. The van der Waals surface area contributed by atoms with Crippen LogP contribution in [-0.4, -0.2) is 49.6 Å². The van der Waals surface area contributed by atoms with Gasteiger partial charge in [0.05, 0.1) is 0 Å². The molecule has 76 valence electrons. The third-order valence-corrected chi connectivity index (χ3v) is 2.41. The molecule has 0 unspecified atom stereocenters. The summed E-state index contributed by atoms with van der Waals surface area (Å²) in [6.07, 6.45) is 0. The van der Waals surface area contributed by atoms with E-state index in [-0.39, 0.29) is 5.91 Å². The Morgan fingerprint density at radius 1 is 1.69 bits per heavy atom. The topological polar surface area (TPSA) is 44.4 Å². The van der Waals surface area contributed by atoms with E-state index in [9.17, 15) is 4.79 Å². The van der Waals surface area contributed by atoms with Gasteiger partial charge in [0.15, 0.2) is 0 Å². The lowest BCUT2D eigenvalue weighted by Crippen LogP contribution is -2.51. The predicted molar refractivity (Wildman–Crippen MR) is 52.6 cm³/mol. The summed E-state index contributed by atoms with van der Waals surface area (Å²) in [6, 6.07) is 0.586. The van der Waals surface area contributed by atoms with Gasteiger partial charge in [-0.25, -0.2) is 0 Å². The molecule has 1 aliphatic heterocycles. The Labute approximate surface area is 79.7 Å². The van der Waals surface area contributed by atoms with E-state index >= 15 is 0 Å². The van der Waals surface area contributed by atoms with Gasteiger partial charge in [0.25, 0.3) is 0 Å². The molecule has 2 N–H and O–H groups in total. The van der Waals surface area contributed by atoms with E-state index < -0.39 is 0 Å². The maximum Gasteiger partial charge on any atom is 0.216 e. The van der Waals surface area contributed by atoms with Crippen molar-refractivity contribution in [2.45, 2.75) is 19.9 Å². The lowest BCUT2D eigenvalue weighted by molar-refractivity contribution is -0.119. The van der Waals surface area contributed by atoms with Gasteiger partial charge < -0.3 is 10.6 Å². The first-order chi connectivity index (χ1) is 6.20. The summed E-state index contributed by atoms with van der Waals surface area (Å²) in [5.74, 6) is 0.0581. The van der Waals surface area contributed by atoms with E-state index in [1.165, 1.54) is 0 Å². The van der Waals surface area contributed by atoms with E-state index in [2.05, 4.69) is 22.5 Å². The molecule has 1 atom stereocenters. The Bertz CT molecular complexity index is 172. The minimum Gasteiger partial charge on any atom is -0.355 e. The van der Waals surface area contributed by atoms with Gasteiger partial charge in [-0.15, -0.1) is 0 Å². The molecule has 0 radical (unpaired) electrons. The first-order valence-electron chi connectivity index (χ1n) is 4.89. The van der Waals surface area contributed by atoms with Crippen molar-refractivity contribution in [3.05, 3.63) is 0 Å². The van der Waals surface area contributed by atoms with E-state index in [0.717, 1.165) is 32.7 Å². The van der Waals surface area contributed by atoms with Crippen LogP contribution in [0.2, 0.25) is 0 Å². The Kier molecular flexibility index (Phi) is 4.18. The fourth-order valence-electron chi connectivity index (χ4n) is 1.59. The molecule has 0 spiro atoms. The molecule has 1 amide bonds. The number of hydrogen-bond donors (Lipinski definition) is 2. The molecule has 0 aromatic rings. The standard InChI is InChI=1S/C9H19N3O/c1-8-7-10-3-5-12(8)6-4-11-9(2)13/h8,10H,3-7H2,1-2H3,(H,11,13)/t8-/m1/s1. The van der Waals surface area contributed by atoms with Crippen LogP contribution in [0.3, 0.4) is 0 Å². The Hall–Kier alpha value is -0.610. The lowest BCUT2D eigenvalue weighted by atomic mass is 10.2. The van der Waals surface area contributed by atoms with Gasteiger partial charge in [0.2, 0.25) is 5.91 Å². The van der Waals surface area contributed by atoms with Gasteiger partial charge >= 0.3 is 0 Å². The molecular weight excluding hydrogens is 166 g/mol. The van der Waals surface area contributed by atoms with Crippen molar-refractivity contribution in [3.8, 4) is 0 Å². The number of amides is 1. The minimum absolute atomic E-state index is 0.0581. The number of rotatable bonds is 3. The Balaban J connectivity index is 2.15. The summed E-state index contributed by atoms with van der Waals surface area (Å²) in [4.78, 5) is 13.0. The van der Waals surface area contributed by atoms with Gasteiger partial charge in [-0.2, -0.15) is 0 Å². The van der Waals surface area contributed by atoms with Crippen LogP contribution < -0.4 is 10.6 Å². The Morgan fingerprint density at radius 3 is 3.08 bits per heavy atom. The van der Waals surface area contributed by atoms with Crippen molar-refractivity contribution in [1.82, 2.24) is 15.5 Å². The van der Waals surface area contributed by atoms with Crippen LogP contribution in [0.25, 0.3) is 0 Å². The molecule has 0 aromatic carbocycles. The number of piperazine rings is 1. The summed E-state index contributed by atoms with van der Waals surface area (Å²) in [5.41, 5.74) is 0. The number of nitrogens with one attached hydrogen (secondary N) is 2. The highest BCUT2D eigenvalue weighted by molar-refractivity contribution is 5.72. The van der Waals surface area contributed by atoms with Crippen LogP contribution >= 0.6 is 0 Å². The highest BCUT2D eigenvalue weighted by Crippen LogP contribution is 2.00. The third-order valence-electron chi connectivity index (χ3n) is 2.41. The molecule has 1 rings (SSSR count). The van der Waals surface area contributed by atoms with Gasteiger partial charge in [-0.1, -0.05) is 0 Å². The van der Waals surface area contributed by atoms with Crippen LogP contribution in [0, 0.1) is 0 Å². The fraction of sp³-hybridized carbons (Fsp3) is 0.889. The monoisotopic (exact) mass is 185 g/mol. The first-order valence-corrected chi connectivity index (χ1v) is 4.89. The van der Waals surface area contributed by atoms with Gasteiger partial charge in [0.1, 0.15) is 0 Å². The average Bonchev–Trinajstić information content (AvgIpc) is 2.08. The maximum absolute atomic E-state index is 10.6. The van der Waals surface area contributed by atoms with E-state index in [4.69, 9.17) is 0 Å². The van der Waals surface area contributed by atoms with Crippen molar-refractivity contribution in [3.63, 3.8) is 0 Å². The van der Waals surface area contributed by atoms with Crippen molar-refractivity contribution in [2.24, 2.45) is 0 Å². The Morgan fingerprint density at radius 2 is 2.46 bits per heavy atom. The molecular formula is C9H19N3O. The second-order valence-corrected chi connectivity index (χ2v) is 3.57. The fourth-order valence-corrected chi connectivity index (χ4v) is 1.59. The van der Waals surface area contributed by atoms with E-state index in [1.807, 2.05) is 0 Å². The molecule has 4 heteroatoms. The van der Waals surface area contributed by atoms with Gasteiger partial charge in [0, 0.05) is 45.7 Å². The molecule has 0 aliphatic carbocycles. The lowest BCUT2D eigenvalue weighted by Gasteiger charge is -2.33. The predicted octanol–water partition coefficient (Wildman–Crippen LogP) is -0.584. The quantitative estimate of drug-likeness (QED) is 0.618. The molecule has 1 heterocycles. The molecule has 0 saturated carbocycles. The summed E-state index contributed by atoms with van der Waals surface area (Å²) in [7, 11) is 0. The largest absolute Gasteiger partial charge is 0.355 e. The molecule has 1 aliphatic rings. The molecule has 1 fully saturated rings. The summed E-state index contributed by atoms with van der Waals surface area (Å²) in [6.45, 7) is 8.69. The smallest absolute Gasteiger partial charge is 0.216 e. The van der Waals surface area contributed by atoms with Gasteiger partial charge in [-0.05, 0) is 6.92 Å². The zero-order valence-corrected chi connectivity index (χ0v) is 8.47. The zero-order valence-electron chi connectivity index (χ0n) is 8.47. The molecule has 13 heavy (non-hydrogen) atoms. The molecule has 0 bridgehead atoms. The second-order valence-electron chi connectivity index (χ2n) is 3.57. The zero-order chi connectivity index (χ0) is 9.68. The molecule has 1 saturated heterocycles. The van der Waals surface area contributed by atoms with Crippen molar-refractivity contribution >= 4 is 5.91 Å². The normalized spacial score (nSPS) is 24.3. The van der Waals surface area contributed by atoms with Crippen molar-refractivity contribution in [1.29, 1.82) is 0 Å². The highest BCUT2D eigenvalue weighted by Gasteiger charge is 2.16. The number of carbonyl (C=O) groups is 1. The number of nitrogens with zero attached hydrogens (tertiary/aromatic N) is 1. The summed E-state index contributed by atoms with van der Waals surface area (Å²) in [5, 5.41) is 6.15. The molecule has 4 nitrogen and oxygen atoms in total. The SMILES string of the molecule is CC(=O)NCCN1CCNC[C@H]1C. The van der Waals surface area contributed by atoms with Crippen LogP contribution in [0.5, 0.6) is 0 Å². The maximum atomic E-state index is 10.6. The first kappa shape index (κ1) is 10.5. The molecule has 0 aromatic heterocycles. The highest BCUT2D eigenvalue weighted by atomic mass is 16.1. The average molecular weight is 185 g/mol. The van der Waals surface area contributed by atoms with E-state index in [0.29, 0.717) is 6.04 Å². The number of hydrogen-bond acceptors (Lipinski definition) is 3. The van der Waals surface area contributed by atoms with Crippen molar-refractivity contribution < 1.29 is 4.79 Å². The van der Waals surface area contributed by atoms with Crippen LogP contribution in [0.15, 0.2) is 0 Å². The second kappa shape index (κ2) is 5.19. The number of carbonyl (C=O) groups excluding carboxylic acids is 1. The van der Waals surface area contributed by atoms with Crippen LogP contribution in [0.1, 0.15) is 13.8 Å². The minimum atomic E-state index is 0.0581. The van der Waals surface area contributed by atoms with Crippen LogP contribution in [0.4, 0.5) is 0 Å². The van der Waals surface area contributed by atoms with Crippen LogP contribution in [-0.2, 0) is 4.79 Å². The van der Waals surface area contributed by atoms with E-state index in [1.54, 1.807) is 6.92 Å². The third kappa shape index (κ3) is 3.74. The van der Waals surface area contributed by atoms with Gasteiger partial charge in [-0.3, -0.25) is 9.69 Å². The summed E-state index contributed by atoms with van der Waals surface area (Å²) < 4.78 is 0. The van der Waals surface area contributed by atoms with Crippen molar-refractivity contribution in [2.75, 3.05) is 32.7 Å².